The summed E-state index contributed by atoms with van der Waals surface area (Å²) in [5, 5.41) is 3.60. The van der Waals surface area contributed by atoms with Gasteiger partial charge in [0.1, 0.15) is 0 Å². The number of carbonyl (C=O) groups excluding carboxylic acids is 1. The van der Waals surface area contributed by atoms with Gasteiger partial charge in [-0.1, -0.05) is 23.2 Å². The molecule has 25 heavy (non-hydrogen) atoms. The van der Waals surface area contributed by atoms with Gasteiger partial charge >= 0.3 is 0 Å². The van der Waals surface area contributed by atoms with E-state index in [9.17, 15) is 4.79 Å². The van der Waals surface area contributed by atoms with E-state index in [1.165, 1.54) is 0 Å². The minimum absolute atomic E-state index is 0.217. The molecular formula is C18H19Cl2NO4. The highest BCUT2D eigenvalue weighted by Gasteiger charge is 2.13. The third-order valence-electron chi connectivity index (χ3n) is 3.61. The quantitative estimate of drug-likeness (QED) is 0.784. The Balaban J connectivity index is 2.03. The smallest absolute Gasteiger partial charge is 0.251 e. The van der Waals surface area contributed by atoms with Gasteiger partial charge in [0.05, 0.1) is 31.4 Å². The largest absolute Gasteiger partial charge is 0.493 e. The van der Waals surface area contributed by atoms with Crippen LogP contribution in [0.2, 0.25) is 10.0 Å². The fourth-order valence-electron chi connectivity index (χ4n) is 2.34. The van der Waals surface area contributed by atoms with Crippen LogP contribution >= 0.6 is 23.2 Å². The molecule has 0 heterocycles. The number of rotatable bonds is 7. The van der Waals surface area contributed by atoms with Crippen molar-refractivity contribution in [1.82, 2.24) is 5.32 Å². The van der Waals surface area contributed by atoms with Crippen molar-refractivity contribution in [3.8, 4) is 17.2 Å². The molecule has 0 radical (unpaired) electrons. The zero-order valence-electron chi connectivity index (χ0n) is 14.2. The lowest BCUT2D eigenvalue weighted by atomic mass is 10.1. The lowest BCUT2D eigenvalue weighted by Gasteiger charge is -2.14. The van der Waals surface area contributed by atoms with E-state index in [4.69, 9.17) is 37.4 Å². The number of benzene rings is 2. The summed E-state index contributed by atoms with van der Waals surface area (Å²) in [4.78, 5) is 12.2. The van der Waals surface area contributed by atoms with Crippen LogP contribution in [-0.4, -0.2) is 33.8 Å². The normalized spacial score (nSPS) is 10.3. The zero-order valence-corrected chi connectivity index (χ0v) is 15.7. The van der Waals surface area contributed by atoms with Crippen molar-refractivity contribution < 1.29 is 19.0 Å². The molecule has 0 aliphatic rings. The third-order valence-corrected chi connectivity index (χ3v) is 4.34. The van der Waals surface area contributed by atoms with E-state index in [1.54, 1.807) is 39.5 Å². The summed E-state index contributed by atoms with van der Waals surface area (Å²) in [5.74, 6) is 1.47. The Labute approximate surface area is 156 Å². The van der Waals surface area contributed by atoms with E-state index in [-0.39, 0.29) is 5.91 Å². The number of nitrogens with one attached hydrogen (secondary N) is 1. The van der Waals surface area contributed by atoms with Gasteiger partial charge in [-0.3, -0.25) is 4.79 Å². The molecule has 2 aromatic rings. The SMILES string of the molecule is COc1cc(CCNC(=O)c2ccc(Cl)c(Cl)c2)cc(OC)c1OC. The van der Waals surface area contributed by atoms with Gasteiger partial charge in [0.2, 0.25) is 5.75 Å². The molecule has 2 rings (SSSR count). The van der Waals surface area contributed by atoms with Gasteiger partial charge in [0.25, 0.3) is 5.91 Å². The van der Waals surface area contributed by atoms with Gasteiger partial charge in [0, 0.05) is 12.1 Å². The average Bonchev–Trinajstić information content (AvgIpc) is 2.62. The maximum Gasteiger partial charge on any atom is 0.251 e. The lowest BCUT2D eigenvalue weighted by molar-refractivity contribution is 0.0954. The third kappa shape index (κ3) is 4.71. The van der Waals surface area contributed by atoms with E-state index in [0.29, 0.717) is 45.8 Å². The Hall–Kier alpha value is -2.11. The second-order valence-corrected chi connectivity index (χ2v) is 5.98. The van der Waals surface area contributed by atoms with Crippen molar-refractivity contribution in [3.63, 3.8) is 0 Å². The molecule has 0 aliphatic carbocycles. The second-order valence-electron chi connectivity index (χ2n) is 5.17. The Morgan fingerprint density at radius 3 is 2.12 bits per heavy atom. The van der Waals surface area contributed by atoms with Crippen molar-refractivity contribution in [2.45, 2.75) is 6.42 Å². The molecule has 2 aromatic carbocycles. The summed E-state index contributed by atoms with van der Waals surface area (Å²) in [6.07, 6.45) is 0.601. The van der Waals surface area contributed by atoms with Crippen LogP contribution in [0.15, 0.2) is 30.3 Å². The van der Waals surface area contributed by atoms with Crippen LogP contribution in [0.3, 0.4) is 0 Å². The molecule has 0 atom stereocenters. The van der Waals surface area contributed by atoms with Crippen molar-refractivity contribution in [2.24, 2.45) is 0 Å². The standard InChI is InChI=1S/C18H19Cl2NO4/c1-23-15-8-11(9-16(24-2)17(15)25-3)6-7-21-18(22)12-4-5-13(19)14(20)10-12/h4-5,8-10H,6-7H2,1-3H3,(H,21,22). The van der Waals surface area contributed by atoms with Crippen LogP contribution in [0.5, 0.6) is 17.2 Å². The molecule has 1 amide bonds. The predicted octanol–water partition coefficient (Wildman–Crippen LogP) is 3.99. The van der Waals surface area contributed by atoms with E-state index >= 15 is 0 Å². The lowest BCUT2D eigenvalue weighted by Crippen LogP contribution is -2.25. The van der Waals surface area contributed by atoms with Crippen LogP contribution in [-0.2, 0) is 6.42 Å². The van der Waals surface area contributed by atoms with Crippen molar-refractivity contribution in [2.75, 3.05) is 27.9 Å². The fraction of sp³-hybridized carbons (Fsp3) is 0.278. The molecule has 134 valence electrons. The molecule has 0 aromatic heterocycles. The van der Waals surface area contributed by atoms with Crippen LogP contribution in [0.25, 0.3) is 0 Å². The van der Waals surface area contributed by atoms with E-state index in [1.807, 2.05) is 12.1 Å². The van der Waals surface area contributed by atoms with Crippen LogP contribution in [0.1, 0.15) is 15.9 Å². The Morgan fingerprint density at radius 2 is 1.60 bits per heavy atom. The fourth-order valence-corrected chi connectivity index (χ4v) is 2.64. The van der Waals surface area contributed by atoms with Gasteiger partial charge < -0.3 is 19.5 Å². The van der Waals surface area contributed by atoms with Crippen LogP contribution < -0.4 is 19.5 Å². The van der Waals surface area contributed by atoms with Gasteiger partial charge in [-0.05, 0) is 42.3 Å². The number of amides is 1. The molecule has 7 heteroatoms. The summed E-state index contributed by atoms with van der Waals surface area (Å²) >= 11 is 11.8. The minimum Gasteiger partial charge on any atom is -0.493 e. The summed E-state index contributed by atoms with van der Waals surface area (Å²) in [6.45, 7) is 0.442. The summed E-state index contributed by atoms with van der Waals surface area (Å²) in [5.41, 5.74) is 1.41. The zero-order chi connectivity index (χ0) is 18.4. The number of ether oxygens (including phenoxy) is 3. The molecule has 0 bridgehead atoms. The van der Waals surface area contributed by atoms with E-state index < -0.39 is 0 Å². The van der Waals surface area contributed by atoms with E-state index in [2.05, 4.69) is 5.32 Å². The Bertz CT molecular complexity index is 740. The number of methoxy groups -OCH3 is 3. The molecule has 1 N–H and O–H groups in total. The van der Waals surface area contributed by atoms with Gasteiger partial charge in [-0.15, -0.1) is 0 Å². The van der Waals surface area contributed by atoms with Crippen molar-refractivity contribution in [1.29, 1.82) is 0 Å². The molecule has 0 unspecified atom stereocenters. The summed E-state index contributed by atoms with van der Waals surface area (Å²) < 4.78 is 15.9. The summed E-state index contributed by atoms with van der Waals surface area (Å²) in [6, 6.07) is 8.47. The van der Waals surface area contributed by atoms with Crippen LogP contribution in [0, 0.1) is 0 Å². The molecule has 0 saturated carbocycles. The Kier molecular flexibility index (Phi) is 6.79. The van der Waals surface area contributed by atoms with Crippen molar-refractivity contribution in [3.05, 3.63) is 51.5 Å². The molecule has 0 fully saturated rings. The van der Waals surface area contributed by atoms with Gasteiger partial charge in [-0.2, -0.15) is 0 Å². The molecule has 0 saturated heterocycles. The van der Waals surface area contributed by atoms with Gasteiger partial charge in [0.15, 0.2) is 11.5 Å². The molecular weight excluding hydrogens is 365 g/mol. The highest BCUT2D eigenvalue weighted by Crippen LogP contribution is 2.38. The first-order chi connectivity index (χ1) is 12.0. The Morgan fingerprint density at radius 1 is 0.960 bits per heavy atom. The molecule has 5 nitrogen and oxygen atoms in total. The molecule has 0 spiro atoms. The predicted molar refractivity (Wildman–Crippen MR) is 98.6 cm³/mol. The summed E-state index contributed by atoms with van der Waals surface area (Å²) in [7, 11) is 4.68. The number of carbonyl (C=O) groups is 1. The number of hydrogen-bond acceptors (Lipinski definition) is 4. The van der Waals surface area contributed by atoms with Crippen molar-refractivity contribution >= 4 is 29.1 Å². The average molecular weight is 384 g/mol. The second kappa shape index (κ2) is 8.83. The maximum absolute atomic E-state index is 12.2. The first-order valence-electron chi connectivity index (χ1n) is 7.52. The minimum atomic E-state index is -0.217. The topological polar surface area (TPSA) is 56.8 Å². The first kappa shape index (κ1) is 19.2. The van der Waals surface area contributed by atoms with Crippen LogP contribution in [0.4, 0.5) is 0 Å². The maximum atomic E-state index is 12.2. The first-order valence-corrected chi connectivity index (χ1v) is 8.27. The highest BCUT2D eigenvalue weighted by molar-refractivity contribution is 6.42. The number of halogens is 2. The molecule has 0 aliphatic heterocycles. The van der Waals surface area contributed by atoms with E-state index in [0.717, 1.165) is 5.56 Å². The highest BCUT2D eigenvalue weighted by atomic mass is 35.5. The van der Waals surface area contributed by atoms with Gasteiger partial charge in [-0.25, -0.2) is 0 Å². The monoisotopic (exact) mass is 383 g/mol. The number of hydrogen-bond donors (Lipinski definition) is 1.